The Hall–Kier alpha value is -0.550. The van der Waals surface area contributed by atoms with E-state index in [1.165, 1.54) is 11.8 Å². The molecule has 2 rings (SSSR count). The number of thioether (sulfide) groups is 1. The molecule has 1 aliphatic rings. The molecule has 1 unspecified atom stereocenters. The van der Waals surface area contributed by atoms with Crippen LogP contribution in [-0.2, 0) is 4.79 Å². The van der Waals surface area contributed by atoms with Crippen molar-refractivity contribution in [1.29, 1.82) is 0 Å². The number of hydrogen-bond donors (Lipinski definition) is 0. The lowest BCUT2D eigenvalue weighted by Crippen LogP contribution is -2.34. The average molecular weight is 315 g/mol. The second kappa shape index (κ2) is 5.87. The Morgan fingerprint density at radius 3 is 2.88 bits per heavy atom. The first-order chi connectivity index (χ1) is 8.18. The Bertz CT molecular complexity index is 407. The number of halogens is 1. The lowest BCUT2D eigenvalue weighted by atomic mass is 10.4. The van der Waals surface area contributed by atoms with Gasteiger partial charge in [-0.2, -0.15) is 0 Å². The fourth-order valence-electron chi connectivity index (χ4n) is 1.87. The van der Waals surface area contributed by atoms with Gasteiger partial charge >= 0.3 is 0 Å². The Labute approximate surface area is 114 Å². The lowest BCUT2D eigenvalue weighted by molar-refractivity contribution is -0.129. The summed E-state index contributed by atoms with van der Waals surface area (Å²) in [5, 5.41) is 0.812. The summed E-state index contributed by atoms with van der Waals surface area (Å²) < 4.78 is 0.950. The van der Waals surface area contributed by atoms with Crippen LogP contribution in [-0.4, -0.2) is 34.1 Å². The molecular weight excluding hydrogens is 300 g/mol. The van der Waals surface area contributed by atoms with Gasteiger partial charge in [0.1, 0.15) is 5.03 Å². The summed E-state index contributed by atoms with van der Waals surface area (Å²) in [6.45, 7) is 3.77. The number of hydrogen-bond acceptors (Lipinski definition) is 3. The summed E-state index contributed by atoms with van der Waals surface area (Å²) in [7, 11) is 0. The number of amides is 1. The Balaban J connectivity index is 1.99. The maximum absolute atomic E-state index is 12.1. The highest BCUT2D eigenvalue weighted by Crippen LogP contribution is 2.29. The fourth-order valence-corrected chi connectivity index (χ4v) is 3.29. The predicted molar refractivity (Wildman–Crippen MR) is 73.1 cm³/mol. The summed E-state index contributed by atoms with van der Waals surface area (Å²) in [5.74, 6) is 0.227. The molecule has 1 amide bonds. The third-order valence-corrected chi connectivity index (χ3v) is 4.78. The second-order valence-corrected chi connectivity index (χ2v) is 6.27. The number of rotatable bonds is 3. The minimum Gasteiger partial charge on any atom is -0.342 e. The van der Waals surface area contributed by atoms with E-state index >= 15 is 0 Å². The minimum absolute atomic E-state index is 0.0701. The van der Waals surface area contributed by atoms with Gasteiger partial charge in [-0.25, -0.2) is 4.98 Å². The molecule has 0 bridgehead atoms. The molecule has 0 radical (unpaired) electrons. The molecule has 1 aromatic rings. The summed E-state index contributed by atoms with van der Waals surface area (Å²) in [4.78, 5) is 18.3. The zero-order chi connectivity index (χ0) is 12.3. The SMILES string of the molecule is CC(Sc1ncccc1Br)C(=O)N1CCCC1. The molecule has 1 aliphatic heterocycles. The van der Waals surface area contributed by atoms with Gasteiger partial charge in [0.25, 0.3) is 0 Å². The molecular formula is C12H15BrN2OS. The van der Waals surface area contributed by atoms with E-state index in [2.05, 4.69) is 20.9 Å². The lowest BCUT2D eigenvalue weighted by Gasteiger charge is -2.19. The highest BCUT2D eigenvalue weighted by molar-refractivity contribution is 9.10. The van der Waals surface area contributed by atoms with E-state index in [4.69, 9.17) is 0 Å². The zero-order valence-corrected chi connectivity index (χ0v) is 12.1. The molecule has 0 saturated carbocycles. The van der Waals surface area contributed by atoms with Crippen LogP contribution in [0.2, 0.25) is 0 Å². The third kappa shape index (κ3) is 3.22. The quantitative estimate of drug-likeness (QED) is 0.804. The van der Waals surface area contributed by atoms with E-state index in [1.807, 2.05) is 24.0 Å². The van der Waals surface area contributed by atoms with Gasteiger partial charge in [0.15, 0.2) is 0 Å². The maximum Gasteiger partial charge on any atom is 0.235 e. The molecule has 1 fully saturated rings. The molecule has 0 N–H and O–H groups in total. The van der Waals surface area contributed by atoms with Crippen molar-refractivity contribution in [2.75, 3.05) is 13.1 Å². The molecule has 0 aromatic carbocycles. The van der Waals surface area contributed by atoms with E-state index in [1.54, 1.807) is 6.20 Å². The highest BCUT2D eigenvalue weighted by atomic mass is 79.9. The van der Waals surface area contributed by atoms with Crippen molar-refractivity contribution in [3.63, 3.8) is 0 Å². The van der Waals surface area contributed by atoms with Crippen LogP contribution in [0.4, 0.5) is 0 Å². The van der Waals surface area contributed by atoms with Crippen LogP contribution in [0.3, 0.4) is 0 Å². The molecule has 3 nitrogen and oxygen atoms in total. The van der Waals surface area contributed by atoms with E-state index in [0.29, 0.717) is 0 Å². The van der Waals surface area contributed by atoms with Crippen LogP contribution < -0.4 is 0 Å². The monoisotopic (exact) mass is 314 g/mol. The van der Waals surface area contributed by atoms with Gasteiger partial charge in [0, 0.05) is 23.8 Å². The largest absolute Gasteiger partial charge is 0.342 e. The number of pyridine rings is 1. The van der Waals surface area contributed by atoms with Crippen LogP contribution in [0.25, 0.3) is 0 Å². The number of carbonyl (C=O) groups excluding carboxylic acids is 1. The summed E-state index contributed by atoms with van der Waals surface area (Å²) >= 11 is 4.97. The van der Waals surface area contributed by atoms with Gasteiger partial charge in [-0.3, -0.25) is 4.79 Å². The summed E-state index contributed by atoms with van der Waals surface area (Å²) in [6.07, 6.45) is 4.02. The van der Waals surface area contributed by atoms with Gasteiger partial charge < -0.3 is 4.90 Å². The van der Waals surface area contributed by atoms with Gasteiger partial charge in [0.2, 0.25) is 5.91 Å². The molecule has 1 saturated heterocycles. The Kier molecular flexibility index (Phi) is 4.45. The molecule has 17 heavy (non-hydrogen) atoms. The molecule has 2 heterocycles. The molecule has 1 atom stereocenters. The van der Waals surface area contributed by atoms with Crippen LogP contribution in [0.1, 0.15) is 19.8 Å². The fraction of sp³-hybridized carbons (Fsp3) is 0.500. The van der Waals surface area contributed by atoms with Crippen molar-refractivity contribution < 1.29 is 4.79 Å². The standard InChI is InChI=1S/C12H15BrN2OS/c1-9(12(16)15-7-2-3-8-15)17-11-10(13)5-4-6-14-11/h4-6,9H,2-3,7-8H2,1H3. The highest BCUT2D eigenvalue weighted by Gasteiger charge is 2.24. The summed E-state index contributed by atoms with van der Waals surface area (Å²) in [6, 6.07) is 3.82. The van der Waals surface area contributed by atoms with E-state index in [0.717, 1.165) is 35.4 Å². The van der Waals surface area contributed by atoms with E-state index in [9.17, 15) is 4.79 Å². The first-order valence-electron chi connectivity index (χ1n) is 5.74. The van der Waals surface area contributed by atoms with Crippen molar-refractivity contribution in [2.45, 2.75) is 30.0 Å². The van der Waals surface area contributed by atoms with Gasteiger partial charge in [0.05, 0.1) is 5.25 Å². The average Bonchev–Trinajstić information content (AvgIpc) is 2.84. The molecule has 92 valence electrons. The van der Waals surface area contributed by atoms with Crippen molar-refractivity contribution in [2.24, 2.45) is 0 Å². The number of likely N-dealkylation sites (tertiary alicyclic amines) is 1. The Morgan fingerprint density at radius 2 is 2.24 bits per heavy atom. The zero-order valence-electron chi connectivity index (χ0n) is 9.73. The maximum atomic E-state index is 12.1. The first kappa shape index (κ1) is 12.9. The molecule has 1 aromatic heterocycles. The smallest absolute Gasteiger partial charge is 0.235 e. The predicted octanol–water partition coefficient (Wildman–Crippen LogP) is 2.95. The molecule has 5 heteroatoms. The van der Waals surface area contributed by atoms with Gasteiger partial charge in [-0.05, 0) is 47.8 Å². The number of nitrogens with zero attached hydrogens (tertiary/aromatic N) is 2. The summed E-state index contributed by atoms with van der Waals surface area (Å²) in [5.41, 5.74) is 0. The van der Waals surface area contributed by atoms with Gasteiger partial charge in [-0.1, -0.05) is 11.8 Å². The molecule has 0 spiro atoms. The van der Waals surface area contributed by atoms with Crippen LogP contribution in [0.5, 0.6) is 0 Å². The van der Waals surface area contributed by atoms with E-state index in [-0.39, 0.29) is 11.2 Å². The van der Waals surface area contributed by atoms with Crippen molar-refractivity contribution in [3.8, 4) is 0 Å². The number of carbonyl (C=O) groups is 1. The van der Waals surface area contributed by atoms with Gasteiger partial charge in [-0.15, -0.1) is 0 Å². The topological polar surface area (TPSA) is 33.2 Å². The van der Waals surface area contributed by atoms with E-state index < -0.39 is 0 Å². The molecule has 0 aliphatic carbocycles. The minimum atomic E-state index is -0.0701. The normalized spacial score (nSPS) is 17.2. The van der Waals surface area contributed by atoms with Crippen LogP contribution in [0.15, 0.2) is 27.8 Å². The van der Waals surface area contributed by atoms with Crippen molar-refractivity contribution >= 4 is 33.6 Å². The van der Waals surface area contributed by atoms with Crippen LogP contribution >= 0.6 is 27.7 Å². The second-order valence-electron chi connectivity index (χ2n) is 4.08. The number of aromatic nitrogens is 1. The third-order valence-electron chi connectivity index (χ3n) is 2.78. The Morgan fingerprint density at radius 1 is 1.53 bits per heavy atom. The van der Waals surface area contributed by atoms with Crippen LogP contribution in [0, 0.1) is 0 Å². The first-order valence-corrected chi connectivity index (χ1v) is 7.41. The van der Waals surface area contributed by atoms with Crippen molar-refractivity contribution in [3.05, 3.63) is 22.8 Å². The van der Waals surface area contributed by atoms with Crippen molar-refractivity contribution in [1.82, 2.24) is 9.88 Å².